The van der Waals surface area contributed by atoms with E-state index in [2.05, 4.69) is 21.3 Å². The first-order chi connectivity index (χ1) is 25.2. The van der Waals surface area contributed by atoms with Crippen molar-refractivity contribution in [2.75, 3.05) is 20.2 Å². The molecule has 270 valence electrons. The third kappa shape index (κ3) is 7.71. The fraction of sp³-hybridized carbons (Fsp3) is 0.333. The molecule has 5 N–H and O–H groups in total. The van der Waals surface area contributed by atoms with Crippen LogP contribution in [0, 0.1) is 6.92 Å². The van der Waals surface area contributed by atoms with Crippen molar-refractivity contribution in [2.24, 2.45) is 0 Å². The molecular formula is C39H41Cl2N7O4. The standard InChI is InChI=1S/C39H41Cl2N7O4/c1-22-15-24(21-48-35(51)16-27(46-38(22)48)20-43-19-26-11-14-34(50)45-26)28-5-3-6-29(36(28)40)30-7-4-8-31(37(30)41)32-12-9-23(39(47-32)52-2)17-42-18-25-10-13-33(49)44-25/h3-9,12,15-16,21,25-26,33,42-44,49H,10-11,13-14,17-20H2,1-2H3,(H,45,50)/t25-,26-,33?/m0/s1. The molecule has 1 amide bonds. The number of aromatic nitrogens is 3. The van der Waals surface area contributed by atoms with Crippen LogP contribution in [0.4, 0.5) is 0 Å². The van der Waals surface area contributed by atoms with E-state index in [1.54, 1.807) is 17.7 Å². The van der Waals surface area contributed by atoms with Gasteiger partial charge in [0.1, 0.15) is 11.9 Å². The van der Waals surface area contributed by atoms with Gasteiger partial charge in [-0.25, -0.2) is 9.97 Å². The maximum absolute atomic E-state index is 13.3. The average Bonchev–Trinajstić information content (AvgIpc) is 3.75. The minimum absolute atomic E-state index is 0.0718. The number of aryl methyl sites for hydroxylation is 1. The lowest BCUT2D eigenvalue weighted by Crippen LogP contribution is -2.37. The van der Waals surface area contributed by atoms with Gasteiger partial charge in [-0.15, -0.1) is 0 Å². The van der Waals surface area contributed by atoms with Gasteiger partial charge >= 0.3 is 0 Å². The number of ether oxygens (including phenoxy) is 1. The van der Waals surface area contributed by atoms with Crippen molar-refractivity contribution in [1.82, 2.24) is 35.6 Å². The summed E-state index contributed by atoms with van der Waals surface area (Å²) >= 11 is 14.3. The van der Waals surface area contributed by atoms with E-state index in [-0.39, 0.29) is 23.6 Å². The second-order valence-electron chi connectivity index (χ2n) is 13.4. The van der Waals surface area contributed by atoms with Gasteiger partial charge in [0.2, 0.25) is 11.8 Å². The zero-order valence-corrected chi connectivity index (χ0v) is 30.5. The molecule has 0 bridgehead atoms. The Labute approximate surface area is 311 Å². The molecule has 2 saturated heterocycles. The molecule has 0 aliphatic carbocycles. The molecule has 0 saturated carbocycles. The van der Waals surface area contributed by atoms with Crippen molar-refractivity contribution in [3.8, 4) is 39.4 Å². The Hall–Kier alpha value is -4.36. The Morgan fingerprint density at radius 1 is 0.885 bits per heavy atom. The Morgan fingerprint density at radius 3 is 2.31 bits per heavy atom. The third-order valence-electron chi connectivity index (χ3n) is 9.71. The molecule has 13 heteroatoms. The van der Waals surface area contributed by atoms with E-state index in [0.717, 1.165) is 64.8 Å². The van der Waals surface area contributed by atoms with Crippen LogP contribution < -0.4 is 31.6 Å². The summed E-state index contributed by atoms with van der Waals surface area (Å²) in [5.74, 6) is 0.576. The van der Waals surface area contributed by atoms with Crippen molar-refractivity contribution in [1.29, 1.82) is 0 Å². The minimum atomic E-state index is -0.436. The summed E-state index contributed by atoms with van der Waals surface area (Å²) in [5, 5.41) is 23.6. The first-order valence-corrected chi connectivity index (χ1v) is 18.2. The predicted molar refractivity (Wildman–Crippen MR) is 204 cm³/mol. The number of halogens is 2. The number of amides is 1. The van der Waals surface area contributed by atoms with Crippen molar-refractivity contribution in [3.63, 3.8) is 0 Å². The average molecular weight is 743 g/mol. The van der Waals surface area contributed by atoms with Gasteiger partial charge < -0.3 is 25.8 Å². The number of aliphatic hydroxyl groups excluding tert-OH is 1. The molecule has 2 aliphatic heterocycles. The van der Waals surface area contributed by atoms with Crippen LogP contribution in [0.5, 0.6) is 5.88 Å². The first kappa shape index (κ1) is 36.0. The van der Waals surface area contributed by atoms with Gasteiger partial charge in [0.15, 0.2) is 0 Å². The topological polar surface area (TPSA) is 142 Å². The number of pyridine rings is 2. The number of carbonyl (C=O) groups excluding carboxylic acids is 1. The lowest BCUT2D eigenvalue weighted by Gasteiger charge is -2.16. The molecular weight excluding hydrogens is 701 g/mol. The molecule has 2 fully saturated rings. The van der Waals surface area contributed by atoms with Crippen LogP contribution in [0.15, 0.2) is 71.7 Å². The fourth-order valence-corrected chi connectivity index (χ4v) is 7.69. The third-order valence-corrected chi connectivity index (χ3v) is 10.5. The minimum Gasteiger partial charge on any atom is -0.481 e. The molecule has 2 aliphatic rings. The number of aliphatic hydroxyl groups is 1. The number of hydrogen-bond donors (Lipinski definition) is 5. The monoisotopic (exact) mass is 741 g/mol. The maximum Gasteiger partial charge on any atom is 0.258 e. The summed E-state index contributed by atoms with van der Waals surface area (Å²) in [5.41, 5.74) is 7.16. The van der Waals surface area contributed by atoms with Gasteiger partial charge in [-0.2, -0.15) is 0 Å². The quantitative estimate of drug-likeness (QED) is 0.116. The highest BCUT2D eigenvalue weighted by molar-refractivity contribution is 6.39. The number of methoxy groups -OCH3 is 1. The smallest absolute Gasteiger partial charge is 0.258 e. The molecule has 2 aromatic carbocycles. The highest BCUT2D eigenvalue weighted by atomic mass is 35.5. The zero-order valence-electron chi connectivity index (χ0n) is 29.0. The van der Waals surface area contributed by atoms with Gasteiger partial charge in [0, 0.05) is 90.3 Å². The molecule has 7 rings (SSSR count). The fourth-order valence-electron chi connectivity index (χ4n) is 7.03. The SMILES string of the molecule is COc1nc(-c2cccc(-c3cccc(-c4cc(C)c5nc(CNC[C@@H]6CCC(=O)N6)cc(=O)n5c4)c3Cl)c2Cl)ccc1CNC[C@@H]1CCC(O)N1. The summed E-state index contributed by atoms with van der Waals surface area (Å²) in [6, 6.07) is 19.3. The number of nitrogens with one attached hydrogen (secondary N) is 4. The lowest BCUT2D eigenvalue weighted by atomic mass is 9.97. The molecule has 3 atom stereocenters. The van der Waals surface area contributed by atoms with Gasteiger partial charge in [-0.05, 0) is 43.9 Å². The van der Waals surface area contributed by atoms with Crippen LogP contribution in [0.25, 0.3) is 39.2 Å². The van der Waals surface area contributed by atoms with E-state index in [4.69, 9.17) is 37.9 Å². The van der Waals surface area contributed by atoms with Crippen LogP contribution >= 0.6 is 23.2 Å². The molecule has 0 spiro atoms. The van der Waals surface area contributed by atoms with Crippen LogP contribution in [0.2, 0.25) is 10.0 Å². The molecule has 5 heterocycles. The van der Waals surface area contributed by atoms with Crippen molar-refractivity contribution >= 4 is 34.8 Å². The molecule has 1 unspecified atom stereocenters. The van der Waals surface area contributed by atoms with E-state index in [9.17, 15) is 14.7 Å². The largest absolute Gasteiger partial charge is 0.481 e. The summed E-state index contributed by atoms with van der Waals surface area (Å²) in [4.78, 5) is 34.4. The zero-order chi connectivity index (χ0) is 36.4. The van der Waals surface area contributed by atoms with E-state index >= 15 is 0 Å². The number of benzene rings is 2. The number of carbonyl (C=O) groups is 1. The number of nitrogens with zero attached hydrogens (tertiary/aromatic N) is 3. The molecule has 0 radical (unpaired) electrons. The van der Waals surface area contributed by atoms with Crippen molar-refractivity contribution < 1.29 is 14.6 Å². The summed E-state index contributed by atoms with van der Waals surface area (Å²) in [7, 11) is 1.60. The summed E-state index contributed by atoms with van der Waals surface area (Å²) in [6.07, 6.45) is 4.36. The van der Waals surface area contributed by atoms with E-state index in [0.29, 0.717) is 59.0 Å². The Kier molecular flexibility index (Phi) is 10.9. The Morgan fingerprint density at radius 2 is 1.60 bits per heavy atom. The number of rotatable bonds is 12. The molecule has 52 heavy (non-hydrogen) atoms. The molecule has 3 aromatic heterocycles. The van der Waals surface area contributed by atoms with Crippen molar-refractivity contribution in [2.45, 2.75) is 64.0 Å². The number of hydrogen-bond acceptors (Lipinski definition) is 9. The Bertz CT molecular complexity index is 2190. The normalized spacial score (nSPS) is 18.6. The van der Waals surface area contributed by atoms with E-state index in [1.807, 2.05) is 61.5 Å². The molecule has 11 nitrogen and oxygen atoms in total. The van der Waals surface area contributed by atoms with Crippen LogP contribution in [-0.2, 0) is 17.9 Å². The maximum atomic E-state index is 13.3. The van der Waals surface area contributed by atoms with Gasteiger partial charge in [0.25, 0.3) is 5.56 Å². The highest BCUT2D eigenvalue weighted by Crippen LogP contribution is 2.42. The highest BCUT2D eigenvalue weighted by Gasteiger charge is 2.22. The van der Waals surface area contributed by atoms with E-state index in [1.165, 1.54) is 6.07 Å². The Balaban J connectivity index is 1.12. The predicted octanol–water partition coefficient (Wildman–Crippen LogP) is 5.24. The number of fused-ring (bicyclic) bond motifs is 1. The van der Waals surface area contributed by atoms with Gasteiger partial charge in [-0.1, -0.05) is 65.7 Å². The summed E-state index contributed by atoms with van der Waals surface area (Å²) in [6.45, 7) is 4.26. The molecule has 5 aromatic rings. The second-order valence-corrected chi connectivity index (χ2v) is 14.2. The first-order valence-electron chi connectivity index (χ1n) is 17.5. The van der Waals surface area contributed by atoms with Crippen molar-refractivity contribution in [3.05, 3.63) is 104 Å². The van der Waals surface area contributed by atoms with Gasteiger partial charge in [0.05, 0.1) is 28.5 Å². The van der Waals surface area contributed by atoms with E-state index < -0.39 is 6.23 Å². The second kappa shape index (κ2) is 15.7. The lowest BCUT2D eigenvalue weighted by molar-refractivity contribution is -0.119. The van der Waals surface area contributed by atoms with Crippen LogP contribution in [0.1, 0.15) is 42.5 Å². The van der Waals surface area contributed by atoms with Gasteiger partial charge in [-0.3, -0.25) is 19.3 Å². The van der Waals surface area contributed by atoms with Crippen LogP contribution in [-0.4, -0.2) is 63.9 Å². The summed E-state index contributed by atoms with van der Waals surface area (Å²) < 4.78 is 7.22. The van der Waals surface area contributed by atoms with Crippen LogP contribution in [0.3, 0.4) is 0 Å².